The Balaban J connectivity index is 1.67. The van der Waals surface area contributed by atoms with E-state index in [0.717, 1.165) is 15.6 Å². The fourth-order valence-electron chi connectivity index (χ4n) is 3.63. The molecule has 5 rings (SSSR count). The number of rotatable bonds is 4. The zero-order valence-electron chi connectivity index (χ0n) is 16.5. The molecule has 0 saturated heterocycles. The van der Waals surface area contributed by atoms with Gasteiger partial charge in [-0.05, 0) is 48.0 Å². The van der Waals surface area contributed by atoms with E-state index in [1.165, 1.54) is 6.07 Å². The maximum atomic E-state index is 14.6. The van der Waals surface area contributed by atoms with Gasteiger partial charge in [-0.2, -0.15) is 5.26 Å². The van der Waals surface area contributed by atoms with Crippen LogP contribution in [0.3, 0.4) is 0 Å². The molecular formula is C24H14BrClFN3O2. The molecule has 158 valence electrons. The van der Waals surface area contributed by atoms with Gasteiger partial charge in [-0.1, -0.05) is 45.7 Å². The monoisotopic (exact) mass is 509 g/mol. The molecule has 2 heterocycles. The van der Waals surface area contributed by atoms with E-state index in [0.29, 0.717) is 39.0 Å². The zero-order chi connectivity index (χ0) is 22.2. The highest BCUT2D eigenvalue weighted by molar-refractivity contribution is 9.10. The van der Waals surface area contributed by atoms with Crippen LogP contribution in [-0.4, -0.2) is 16.3 Å². The van der Waals surface area contributed by atoms with Crippen molar-refractivity contribution in [2.45, 2.75) is 6.54 Å². The number of allylic oxidation sites excluding steroid dienone is 1. The molecule has 0 aliphatic carbocycles. The number of imidazole rings is 1. The number of hydrogen-bond acceptors (Lipinski definition) is 4. The number of hydrogen-bond donors (Lipinski definition) is 0. The maximum absolute atomic E-state index is 14.6. The third-order valence-electron chi connectivity index (χ3n) is 5.19. The highest BCUT2D eigenvalue weighted by atomic mass is 79.9. The van der Waals surface area contributed by atoms with Crippen LogP contribution in [0.4, 0.5) is 4.39 Å². The summed E-state index contributed by atoms with van der Waals surface area (Å²) in [5.74, 6) is 1.23. The molecule has 0 atom stereocenters. The fraction of sp³-hybridized carbons (Fsp3) is 0.0833. The summed E-state index contributed by atoms with van der Waals surface area (Å²) in [5, 5.41) is 10.3. The van der Waals surface area contributed by atoms with Crippen LogP contribution in [0, 0.1) is 17.1 Å². The Morgan fingerprint density at radius 1 is 1.19 bits per heavy atom. The average Bonchev–Trinajstić information content (AvgIpc) is 3.38. The first-order valence-electron chi connectivity index (χ1n) is 9.64. The molecule has 4 aromatic rings. The van der Waals surface area contributed by atoms with Crippen molar-refractivity contribution in [3.8, 4) is 17.6 Å². The third-order valence-corrected chi connectivity index (χ3v) is 6.23. The normalized spacial score (nSPS) is 12.9. The lowest BCUT2D eigenvalue weighted by molar-refractivity contribution is 0.174. The molecule has 3 aromatic carbocycles. The molecule has 1 aliphatic heterocycles. The summed E-state index contributed by atoms with van der Waals surface area (Å²) in [5.41, 5.74) is 2.84. The van der Waals surface area contributed by atoms with Gasteiger partial charge in [-0.25, -0.2) is 9.37 Å². The molecule has 5 nitrogen and oxygen atoms in total. The highest BCUT2D eigenvalue weighted by Gasteiger charge is 2.20. The summed E-state index contributed by atoms with van der Waals surface area (Å²) in [6.07, 6.45) is 1.71. The number of aromatic nitrogens is 2. The minimum absolute atomic E-state index is 0.128. The maximum Gasteiger partial charge on any atom is 0.231 e. The summed E-state index contributed by atoms with van der Waals surface area (Å²) < 4.78 is 28.0. The minimum atomic E-state index is -0.415. The Morgan fingerprint density at radius 3 is 2.75 bits per heavy atom. The van der Waals surface area contributed by atoms with Gasteiger partial charge in [0, 0.05) is 15.1 Å². The SMILES string of the molecule is N#C/C(=C\c1cc2c(cc1Br)OCO2)c1nc2ccccc2n1Cc1c(F)cccc1Cl. The first-order valence-corrected chi connectivity index (χ1v) is 10.8. The molecular weight excluding hydrogens is 497 g/mol. The van der Waals surface area contributed by atoms with Gasteiger partial charge in [0.25, 0.3) is 0 Å². The van der Waals surface area contributed by atoms with E-state index in [1.54, 1.807) is 34.9 Å². The van der Waals surface area contributed by atoms with Crippen molar-refractivity contribution in [1.29, 1.82) is 5.26 Å². The lowest BCUT2D eigenvalue weighted by Crippen LogP contribution is -2.07. The second kappa shape index (κ2) is 8.30. The standard InChI is InChI=1S/C24H14BrClFN3O2/c25-17-10-23-22(31-13-32-23)9-14(17)8-15(11-28)24-29-20-6-1-2-7-21(20)30(24)12-16-18(26)4-3-5-19(16)27/h1-10H,12-13H2/b15-8+. The molecule has 0 bridgehead atoms. The van der Waals surface area contributed by atoms with E-state index < -0.39 is 5.82 Å². The summed E-state index contributed by atoms with van der Waals surface area (Å²) in [7, 11) is 0. The zero-order valence-corrected chi connectivity index (χ0v) is 18.8. The van der Waals surface area contributed by atoms with Crippen molar-refractivity contribution in [2.24, 2.45) is 0 Å². The second-order valence-corrected chi connectivity index (χ2v) is 8.37. The van der Waals surface area contributed by atoms with Gasteiger partial charge in [0.2, 0.25) is 6.79 Å². The first kappa shape index (κ1) is 20.6. The van der Waals surface area contributed by atoms with Gasteiger partial charge in [0.1, 0.15) is 11.9 Å². The third kappa shape index (κ3) is 3.62. The lowest BCUT2D eigenvalue weighted by atomic mass is 10.1. The van der Waals surface area contributed by atoms with E-state index in [9.17, 15) is 9.65 Å². The molecule has 0 amide bonds. The lowest BCUT2D eigenvalue weighted by Gasteiger charge is -2.11. The number of benzene rings is 3. The van der Waals surface area contributed by atoms with Crippen LogP contribution in [0.1, 0.15) is 17.0 Å². The molecule has 1 aliphatic rings. The van der Waals surface area contributed by atoms with Crippen LogP contribution >= 0.6 is 27.5 Å². The smallest absolute Gasteiger partial charge is 0.231 e. The van der Waals surface area contributed by atoms with Gasteiger partial charge in [-0.15, -0.1) is 0 Å². The highest BCUT2D eigenvalue weighted by Crippen LogP contribution is 2.38. The molecule has 0 N–H and O–H groups in total. The topological polar surface area (TPSA) is 60.1 Å². The van der Waals surface area contributed by atoms with Gasteiger partial charge >= 0.3 is 0 Å². The molecule has 1 aromatic heterocycles. The van der Waals surface area contributed by atoms with Crippen LogP contribution in [-0.2, 0) is 6.54 Å². The van der Waals surface area contributed by atoms with Crippen LogP contribution < -0.4 is 9.47 Å². The van der Waals surface area contributed by atoms with Crippen molar-refractivity contribution < 1.29 is 13.9 Å². The van der Waals surface area contributed by atoms with Crippen LogP contribution in [0.5, 0.6) is 11.5 Å². The molecule has 8 heteroatoms. The van der Waals surface area contributed by atoms with Crippen molar-refractivity contribution in [2.75, 3.05) is 6.79 Å². The van der Waals surface area contributed by atoms with Crippen LogP contribution in [0.2, 0.25) is 5.02 Å². The summed E-state index contributed by atoms with van der Waals surface area (Å²) >= 11 is 9.81. The number of nitrogens with zero attached hydrogens (tertiary/aromatic N) is 3. The Hall–Kier alpha value is -3.34. The van der Waals surface area contributed by atoms with Gasteiger partial charge in [0.15, 0.2) is 17.3 Å². The Morgan fingerprint density at radius 2 is 1.97 bits per heavy atom. The fourth-order valence-corrected chi connectivity index (χ4v) is 4.29. The van der Waals surface area contributed by atoms with Crippen molar-refractivity contribution in [1.82, 2.24) is 9.55 Å². The van der Waals surface area contributed by atoms with E-state index in [2.05, 4.69) is 27.0 Å². The van der Waals surface area contributed by atoms with E-state index in [-0.39, 0.29) is 13.3 Å². The Kier molecular flexibility index (Phi) is 5.33. The summed E-state index contributed by atoms with van der Waals surface area (Å²) in [4.78, 5) is 4.67. The van der Waals surface area contributed by atoms with Crippen molar-refractivity contribution in [3.63, 3.8) is 0 Å². The van der Waals surface area contributed by atoms with Gasteiger partial charge in [0.05, 0.1) is 23.2 Å². The van der Waals surface area contributed by atoms with Gasteiger partial charge < -0.3 is 14.0 Å². The number of fused-ring (bicyclic) bond motifs is 2. The number of ether oxygens (including phenoxy) is 2. The molecule has 0 spiro atoms. The number of halogens is 3. The van der Waals surface area contributed by atoms with Crippen LogP contribution in [0.15, 0.2) is 59.1 Å². The van der Waals surface area contributed by atoms with Gasteiger partial charge in [-0.3, -0.25) is 0 Å². The van der Waals surface area contributed by atoms with E-state index in [4.69, 9.17) is 21.1 Å². The Labute approximate surface area is 196 Å². The first-order chi connectivity index (χ1) is 15.5. The van der Waals surface area contributed by atoms with Crippen molar-refractivity contribution >= 4 is 50.2 Å². The van der Waals surface area contributed by atoms with Crippen molar-refractivity contribution in [3.05, 3.63) is 86.9 Å². The quantitative estimate of drug-likeness (QED) is 0.297. The second-order valence-electron chi connectivity index (χ2n) is 7.11. The molecule has 0 radical (unpaired) electrons. The van der Waals surface area contributed by atoms with E-state index >= 15 is 0 Å². The van der Waals surface area contributed by atoms with E-state index in [1.807, 2.05) is 24.3 Å². The molecule has 0 saturated carbocycles. The average molecular weight is 511 g/mol. The minimum Gasteiger partial charge on any atom is -0.454 e. The summed E-state index contributed by atoms with van der Waals surface area (Å²) in [6, 6.07) is 17.9. The number of para-hydroxylation sites is 2. The Bertz CT molecular complexity index is 1420. The number of nitriles is 1. The predicted molar refractivity (Wildman–Crippen MR) is 124 cm³/mol. The predicted octanol–water partition coefficient (Wildman–Crippen LogP) is 6.43. The largest absolute Gasteiger partial charge is 0.454 e. The summed E-state index contributed by atoms with van der Waals surface area (Å²) in [6.45, 7) is 0.280. The molecule has 32 heavy (non-hydrogen) atoms. The molecule has 0 fully saturated rings. The molecule has 0 unspecified atom stereocenters. The van der Waals surface area contributed by atoms with Crippen LogP contribution in [0.25, 0.3) is 22.7 Å².